The summed E-state index contributed by atoms with van der Waals surface area (Å²) in [5, 5.41) is 21.3. The van der Waals surface area contributed by atoms with Gasteiger partial charge < -0.3 is 9.84 Å². The molecule has 0 fully saturated rings. The number of carbonyl (C=O) groups is 1. The van der Waals surface area contributed by atoms with Crippen molar-refractivity contribution in [1.82, 2.24) is 5.32 Å². The molecule has 0 aliphatic heterocycles. The number of benzene rings is 1. The molecule has 0 spiro atoms. The number of aliphatic carboxylic acids is 1. The number of methoxy groups -OCH3 is 1. The van der Waals surface area contributed by atoms with Gasteiger partial charge in [-0.3, -0.25) is 10.1 Å². The highest BCUT2D eigenvalue weighted by Crippen LogP contribution is 2.20. The fraction of sp³-hybridized carbons (Fsp3) is 0.467. The van der Waals surface area contributed by atoms with E-state index in [1.54, 1.807) is 25.1 Å². The average molecular weight is 276 g/mol. The van der Waals surface area contributed by atoms with Crippen molar-refractivity contribution in [2.24, 2.45) is 0 Å². The summed E-state index contributed by atoms with van der Waals surface area (Å²) in [5.74, 6) is -0.362. The quantitative estimate of drug-likeness (QED) is 0.798. The Morgan fingerprint density at radius 2 is 2.25 bits per heavy atom. The lowest BCUT2D eigenvalue weighted by atomic mass is 9.96. The predicted octanol–water partition coefficient (Wildman–Crippen LogP) is 2.30. The SMILES string of the molecule is CCCC(C)(NCc1ccc(C#N)c(OC)c1)C(=O)O. The van der Waals surface area contributed by atoms with Gasteiger partial charge >= 0.3 is 5.97 Å². The second kappa shape index (κ2) is 6.92. The monoisotopic (exact) mass is 276 g/mol. The summed E-state index contributed by atoms with van der Waals surface area (Å²) >= 11 is 0. The summed E-state index contributed by atoms with van der Waals surface area (Å²) in [6.07, 6.45) is 1.34. The van der Waals surface area contributed by atoms with Crippen LogP contribution in [-0.2, 0) is 11.3 Å². The standard InChI is InChI=1S/C15H20N2O3/c1-4-7-15(2,14(18)19)17-10-11-5-6-12(9-16)13(8-11)20-3/h5-6,8,17H,4,7,10H2,1-3H3,(H,18,19). The molecule has 0 saturated carbocycles. The Morgan fingerprint density at radius 1 is 1.55 bits per heavy atom. The van der Waals surface area contributed by atoms with E-state index in [1.165, 1.54) is 7.11 Å². The Bertz CT molecular complexity index is 522. The molecule has 20 heavy (non-hydrogen) atoms. The van der Waals surface area contributed by atoms with E-state index in [1.807, 2.05) is 13.0 Å². The predicted molar refractivity (Wildman–Crippen MR) is 75.5 cm³/mol. The molecule has 0 aromatic heterocycles. The molecule has 0 aliphatic rings. The maximum absolute atomic E-state index is 11.3. The minimum Gasteiger partial charge on any atom is -0.495 e. The number of ether oxygens (including phenoxy) is 1. The van der Waals surface area contributed by atoms with Gasteiger partial charge in [-0.2, -0.15) is 5.26 Å². The van der Waals surface area contributed by atoms with Gasteiger partial charge in [0.05, 0.1) is 12.7 Å². The Labute approximate surface area is 119 Å². The van der Waals surface area contributed by atoms with Crippen LogP contribution < -0.4 is 10.1 Å². The summed E-state index contributed by atoms with van der Waals surface area (Å²) in [5.41, 5.74) is 0.394. The first-order chi connectivity index (χ1) is 9.46. The highest BCUT2D eigenvalue weighted by Gasteiger charge is 2.31. The molecular formula is C15H20N2O3. The van der Waals surface area contributed by atoms with Gasteiger partial charge in [0, 0.05) is 6.54 Å². The van der Waals surface area contributed by atoms with Crippen LogP contribution in [0.5, 0.6) is 5.75 Å². The zero-order chi connectivity index (χ0) is 15.2. The first-order valence-corrected chi connectivity index (χ1v) is 6.52. The van der Waals surface area contributed by atoms with Crippen LogP contribution in [0.4, 0.5) is 0 Å². The molecular weight excluding hydrogens is 256 g/mol. The first-order valence-electron chi connectivity index (χ1n) is 6.52. The lowest BCUT2D eigenvalue weighted by Crippen LogP contribution is -2.48. The Balaban J connectivity index is 2.84. The Kier molecular flexibility index (Phi) is 5.53. The topological polar surface area (TPSA) is 82.3 Å². The number of hydrogen-bond donors (Lipinski definition) is 2. The Morgan fingerprint density at radius 3 is 2.75 bits per heavy atom. The number of rotatable bonds is 7. The number of nitrogens with one attached hydrogen (secondary N) is 1. The summed E-state index contributed by atoms with van der Waals surface area (Å²) in [6.45, 7) is 4.04. The van der Waals surface area contributed by atoms with E-state index in [4.69, 9.17) is 10.00 Å². The first kappa shape index (κ1) is 16.0. The Hall–Kier alpha value is -2.06. The maximum Gasteiger partial charge on any atom is 0.323 e. The van der Waals surface area contributed by atoms with E-state index in [-0.39, 0.29) is 0 Å². The van der Waals surface area contributed by atoms with Crippen molar-refractivity contribution in [2.45, 2.75) is 38.8 Å². The highest BCUT2D eigenvalue weighted by atomic mass is 16.5. The molecule has 5 nitrogen and oxygen atoms in total. The van der Waals surface area contributed by atoms with Crippen LogP contribution in [0.2, 0.25) is 0 Å². The van der Waals surface area contributed by atoms with Gasteiger partial charge in [0.1, 0.15) is 17.4 Å². The molecule has 0 amide bonds. The van der Waals surface area contributed by atoms with Gasteiger partial charge in [-0.1, -0.05) is 19.4 Å². The van der Waals surface area contributed by atoms with Crippen LogP contribution in [0.25, 0.3) is 0 Å². The zero-order valence-electron chi connectivity index (χ0n) is 12.1. The molecule has 0 bridgehead atoms. The smallest absolute Gasteiger partial charge is 0.323 e. The minimum absolute atomic E-state index is 0.408. The van der Waals surface area contributed by atoms with Crippen LogP contribution in [0.3, 0.4) is 0 Å². The van der Waals surface area contributed by atoms with Crippen molar-refractivity contribution in [3.05, 3.63) is 29.3 Å². The van der Waals surface area contributed by atoms with E-state index in [9.17, 15) is 9.90 Å². The maximum atomic E-state index is 11.3. The molecule has 0 radical (unpaired) electrons. The van der Waals surface area contributed by atoms with Crippen molar-refractivity contribution < 1.29 is 14.6 Å². The number of nitriles is 1. The van der Waals surface area contributed by atoms with E-state index in [0.717, 1.165) is 12.0 Å². The zero-order valence-corrected chi connectivity index (χ0v) is 12.1. The van der Waals surface area contributed by atoms with Crippen molar-refractivity contribution in [1.29, 1.82) is 5.26 Å². The molecule has 2 N–H and O–H groups in total. The fourth-order valence-electron chi connectivity index (χ4n) is 2.01. The fourth-order valence-corrected chi connectivity index (χ4v) is 2.01. The molecule has 0 heterocycles. The van der Waals surface area contributed by atoms with E-state index >= 15 is 0 Å². The van der Waals surface area contributed by atoms with Gasteiger partial charge in [-0.05, 0) is 31.0 Å². The summed E-state index contributed by atoms with van der Waals surface area (Å²) in [4.78, 5) is 11.3. The average Bonchev–Trinajstić information content (AvgIpc) is 2.44. The molecule has 0 saturated heterocycles. The molecule has 1 aromatic rings. The van der Waals surface area contributed by atoms with Gasteiger partial charge in [0.2, 0.25) is 0 Å². The van der Waals surface area contributed by atoms with E-state index < -0.39 is 11.5 Å². The van der Waals surface area contributed by atoms with Gasteiger partial charge in [0.15, 0.2) is 0 Å². The normalized spacial score (nSPS) is 13.3. The van der Waals surface area contributed by atoms with Crippen molar-refractivity contribution in [3.8, 4) is 11.8 Å². The molecule has 1 aromatic carbocycles. The largest absolute Gasteiger partial charge is 0.495 e. The van der Waals surface area contributed by atoms with Crippen LogP contribution in [0.15, 0.2) is 18.2 Å². The molecule has 1 atom stereocenters. The number of hydrogen-bond acceptors (Lipinski definition) is 4. The summed E-state index contributed by atoms with van der Waals surface area (Å²) in [7, 11) is 1.51. The summed E-state index contributed by atoms with van der Waals surface area (Å²) in [6, 6.07) is 7.26. The van der Waals surface area contributed by atoms with Crippen molar-refractivity contribution >= 4 is 5.97 Å². The van der Waals surface area contributed by atoms with Crippen LogP contribution >= 0.6 is 0 Å². The highest BCUT2D eigenvalue weighted by molar-refractivity contribution is 5.78. The number of nitrogens with zero attached hydrogens (tertiary/aromatic N) is 1. The van der Waals surface area contributed by atoms with Gasteiger partial charge in [-0.15, -0.1) is 0 Å². The van der Waals surface area contributed by atoms with Crippen molar-refractivity contribution in [2.75, 3.05) is 7.11 Å². The lowest BCUT2D eigenvalue weighted by molar-refractivity contribution is -0.144. The third-order valence-electron chi connectivity index (χ3n) is 3.29. The number of carboxylic acid groups (broad SMARTS) is 1. The molecule has 1 rings (SSSR count). The molecule has 108 valence electrons. The molecule has 5 heteroatoms. The number of carboxylic acids is 1. The second-order valence-electron chi connectivity index (χ2n) is 4.89. The van der Waals surface area contributed by atoms with Gasteiger partial charge in [0.25, 0.3) is 0 Å². The lowest BCUT2D eigenvalue weighted by Gasteiger charge is -2.26. The minimum atomic E-state index is -0.949. The van der Waals surface area contributed by atoms with Crippen LogP contribution in [-0.4, -0.2) is 23.7 Å². The molecule has 1 unspecified atom stereocenters. The molecule has 0 aliphatic carbocycles. The summed E-state index contributed by atoms with van der Waals surface area (Å²) < 4.78 is 5.14. The third-order valence-corrected chi connectivity index (χ3v) is 3.29. The van der Waals surface area contributed by atoms with Crippen LogP contribution in [0.1, 0.15) is 37.8 Å². The van der Waals surface area contributed by atoms with E-state index in [2.05, 4.69) is 5.32 Å². The van der Waals surface area contributed by atoms with Gasteiger partial charge in [-0.25, -0.2) is 0 Å². The van der Waals surface area contributed by atoms with Crippen LogP contribution in [0, 0.1) is 11.3 Å². The second-order valence-corrected chi connectivity index (χ2v) is 4.89. The van der Waals surface area contributed by atoms with E-state index in [0.29, 0.717) is 24.3 Å². The third kappa shape index (κ3) is 3.72. The van der Waals surface area contributed by atoms with Crippen molar-refractivity contribution in [3.63, 3.8) is 0 Å².